The number of carbonyl (C=O) groups excluding carboxylic acids is 4. The van der Waals surface area contributed by atoms with Crippen molar-refractivity contribution in [1.29, 1.82) is 0 Å². The summed E-state index contributed by atoms with van der Waals surface area (Å²) in [5.41, 5.74) is -1.90. The van der Waals surface area contributed by atoms with E-state index < -0.39 is 56.9 Å². The van der Waals surface area contributed by atoms with Gasteiger partial charge in [0, 0.05) is 12.5 Å². The summed E-state index contributed by atoms with van der Waals surface area (Å²) < 4.78 is 20.0. The predicted octanol–water partition coefficient (Wildman–Crippen LogP) is 2.84. The average molecular weight is 553 g/mol. The van der Waals surface area contributed by atoms with E-state index in [-0.39, 0.29) is 11.8 Å². The zero-order chi connectivity index (χ0) is 28.3. The molecule has 2 aliphatic heterocycles. The molecule has 0 radical (unpaired) electrons. The van der Waals surface area contributed by atoms with Gasteiger partial charge in [0.2, 0.25) is 11.8 Å². The fraction of sp³-hybridized carbons (Fsp3) is 0.778. The number of allylic oxidation sites excluding steroid dienone is 1. The van der Waals surface area contributed by atoms with E-state index in [1.54, 1.807) is 41.5 Å². The Morgan fingerprint density at radius 3 is 2.45 bits per heavy atom. The summed E-state index contributed by atoms with van der Waals surface area (Å²) in [6.45, 7) is 11.0. The summed E-state index contributed by atoms with van der Waals surface area (Å²) in [6.07, 6.45) is 8.56. The molecular formula is C27H44N4O6S. The number of ether oxygens (including phenoxy) is 1. The highest BCUT2D eigenvalue weighted by Crippen LogP contribution is 2.45. The Balaban J connectivity index is 1.83. The normalized spacial score (nSPS) is 30.5. The molecule has 2 heterocycles. The van der Waals surface area contributed by atoms with Crippen LogP contribution in [0.5, 0.6) is 0 Å². The molecule has 11 heteroatoms. The van der Waals surface area contributed by atoms with Crippen LogP contribution in [-0.4, -0.2) is 67.4 Å². The number of nitrogens with zero attached hydrogens (tertiary/aromatic N) is 1. The first kappa shape index (κ1) is 30.1. The lowest BCUT2D eigenvalue weighted by Crippen LogP contribution is -2.58. The molecule has 3 N–H and O–H groups in total. The molecule has 1 saturated carbocycles. The Morgan fingerprint density at radius 1 is 1.08 bits per heavy atom. The highest BCUT2D eigenvalue weighted by molar-refractivity contribution is 7.85. The van der Waals surface area contributed by atoms with Gasteiger partial charge >= 0.3 is 6.09 Å². The number of nitrogens with one attached hydrogen (secondary N) is 3. The highest BCUT2D eigenvalue weighted by Gasteiger charge is 2.61. The van der Waals surface area contributed by atoms with Crippen LogP contribution in [0.3, 0.4) is 0 Å². The summed E-state index contributed by atoms with van der Waals surface area (Å²) in [7, 11) is -1.63. The lowest BCUT2D eigenvalue weighted by atomic mass is 10.0. The van der Waals surface area contributed by atoms with Gasteiger partial charge in [0.25, 0.3) is 5.91 Å². The Labute approximate surface area is 228 Å². The van der Waals surface area contributed by atoms with Gasteiger partial charge in [0.1, 0.15) is 34.2 Å². The molecule has 214 valence electrons. The van der Waals surface area contributed by atoms with Crippen LogP contribution in [0.25, 0.3) is 0 Å². The fourth-order valence-corrected chi connectivity index (χ4v) is 5.53. The smallest absolute Gasteiger partial charge is 0.408 e. The van der Waals surface area contributed by atoms with Gasteiger partial charge in [0.05, 0.1) is 4.75 Å². The maximum Gasteiger partial charge on any atom is 0.408 e. The van der Waals surface area contributed by atoms with Gasteiger partial charge in [0.15, 0.2) is 0 Å². The Hall–Kier alpha value is -2.43. The fourth-order valence-electron chi connectivity index (χ4n) is 4.87. The number of amides is 4. The Bertz CT molecular complexity index is 985. The number of hydrogen-bond acceptors (Lipinski definition) is 6. The number of alkyl carbamates (subject to hydrolysis) is 1. The van der Waals surface area contributed by atoms with E-state index in [9.17, 15) is 23.4 Å². The van der Waals surface area contributed by atoms with Crippen LogP contribution in [0.2, 0.25) is 0 Å². The van der Waals surface area contributed by atoms with E-state index in [1.165, 1.54) is 4.90 Å². The third-order valence-electron chi connectivity index (χ3n) is 7.07. The first-order valence-corrected chi connectivity index (χ1v) is 14.8. The van der Waals surface area contributed by atoms with E-state index in [2.05, 4.69) is 15.4 Å². The van der Waals surface area contributed by atoms with Crippen LogP contribution in [0.4, 0.5) is 4.79 Å². The predicted molar refractivity (Wildman–Crippen MR) is 145 cm³/mol. The summed E-state index contributed by atoms with van der Waals surface area (Å²) in [5, 5.41) is 5.66. The van der Waals surface area contributed by atoms with E-state index >= 15 is 0 Å². The number of carbonyl (C=O) groups is 4. The summed E-state index contributed by atoms with van der Waals surface area (Å²) in [4.78, 5) is 54.5. The minimum Gasteiger partial charge on any atom is -0.444 e. The second kappa shape index (κ2) is 11.8. The topological polar surface area (TPSA) is 134 Å². The van der Waals surface area contributed by atoms with Crippen molar-refractivity contribution >= 4 is 34.8 Å². The SMILES string of the molecule is CC(C)(C)OC(=O)NC1CCCCC/C=C\C2CC2(C(=O)N[S@](=O)C(C)(C)C)NC(=O)C2CCCN2C1=O. The van der Waals surface area contributed by atoms with Crippen molar-refractivity contribution in [3.05, 3.63) is 12.2 Å². The molecule has 3 aliphatic rings. The molecule has 0 aromatic heterocycles. The van der Waals surface area contributed by atoms with Gasteiger partial charge < -0.3 is 20.3 Å². The lowest BCUT2D eigenvalue weighted by molar-refractivity contribution is -0.141. The number of rotatable bonds is 3. The molecule has 0 bridgehead atoms. The Kier molecular flexibility index (Phi) is 9.32. The number of fused-ring (bicyclic) bond motifs is 2. The number of hydrogen-bond donors (Lipinski definition) is 3. The van der Waals surface area contributed by atoms with Crippen LogP contribution in [0.1, 0.15) is 92.9 Å². The van der Waals surface area contributed by atoms with Crippen LogP contribution in [0, 0.1) is 5.92 Å². The minimum atomic E-state index is -1.63. The molecule has 5 atom stereocenters. The summed E-state index contributed by atoms with van der Waals surface area (Å²) in [6, 6.07) is -1.56. The third kappa shape index (κ3) is 7.57. The first-order valence-electron chi connectivity index (χ1n) is 13.7. The van der Waals surface area contributed by atoms with E-state index in [4.69, 9.17) is 4.74 Å². The van der Waals surface area contributed by atoms with Crippen molar-refractivity contribution < 1.29 is 28.1 Å². The Morgan fingerprint density at radius 2 is 1.79 bits per heavy atom. The largest absolute Gasteiger partial charge is 0.444 e. The molecule has 3 rings (SSSR count). The lowest BCUT2D eigenvalue weighted by Gasteiger charge is -2.30. The van der Waals surface area contributed by atoms with E-state index in [1.807, 2.05) is 12.2 Å². The molecular weight excluding hydrogens is 508 g/mol. The molecule has 4 unspecified atom stereocenters. The summed E-state index contributed by atoms with van der Waals surface area (Å²) >= 11 is 0. The molecule has 2 fully saturated rings. The van der Waals surface area contributed by atoms with Gasteiger partial charge in [-0.2, -0.15) is 0 Å². The van der Waals surface area contributed by atoms with Crippen LogP contribution >= 0.6 is 0 Å². The average Bonchev–Trinajstić information content (AvgIpc) is 3.25. The van der Waals surface area contributed by atoms with Crippen molar-refractivity contribution in [1.82, 2.24) is 20.3 Å². The highest BCUT2D eigenvalue weighted by atomic mass is 32.2. The zero-order valence-corrected chi connectivity index (χ0v) is 24.4. The van der Waals surface area contributed by atoms with Crippen molar-refractivity contribution in [2.24, 2.45) is 5.92 Å². The van der Waals surface area contributed by atoms with Crippen molar-refractivity contribution in [2.45, 2.75) is 121 Å². The minimum absolute atomic E-state index is 0.208. The van der Waals surface area contributed by atoms with Crippen LogP contribution in [0.15, 0.2) is 12.2 Å². The van der Waals surface area contributed by atoms with Gasteiger partial charge in [-0.25, -0.2) is 9.00 Å². The second-order valence-corrected chi connectivity index (χ2v) is 14.5. The zero-order valence-electron chi connectivity index (χ0n) is 23.6. The van der Waals surface area contributed by atoms with Crippen LogP contribution < -0.4 is 15.4 Å². The second-order valence-electron chi connectivity index (χ2n) is 12.5. The maximum absolute atomic E-state index is 13.6. The monoisotopic (exact) mass is 552 g/mol. The van der Waals surface area contributed by atoms with Crippen LogP contribution in [-0.2, 0) is 30.1 Å². The quantitative estimate of drug-likeness (QED) is 0.461. The molecule has 1 saturated heterocycles. The molecule has 0 spiro atoms. The van der Waals surface area contributed by atoms with E-state index in [0.29, 0.717) is 32.2 Å². The molecule has 10 nitrogen and oxygen atoms in total. The van der Waals surface area contributed by atoms with Gasteiger partial charge in [-0.05, 0) is 80.1 Å². The maximum atomic E-state index is 13.6. The van der Waals surface area contributed by atoms with Crippen molar-refractivity contribution in [3.8, 4) is 0 Å². The first-order chi connectivity index (χ1) is 17.6. The van der Waals surface area contributed by atoms with E-state index in [0.717, 1.165) is 25.7 Å². The van der Waals surface area contributed by atoms with Crippen molar-refractivity contribution in [3.63, 3.8) is 0 Å². The van der Waals surface area contributed by atoms with Gasteiger partial charge in [-0.15, -0.1) is 0 Å². The molecule has 0 aromatic carbocycles. The molecule has 1 aliphatic carbocycles. The third-order valence-corrected chi connectivity index (χ3v) is 8.55. The summed E-state index contributed by atoms with van der Waals surface area (Å²) in [5.74, 6) is -1.41. The van der Waals surface area contributed by atoms with Crippen molar-refractivity contribution in [2.75, 3.05) is 6.54 Å². The van der Waals surface area contributed by atoms with Gasteiger partial charge in [-0.1, -0.05) is 25.0 Å². The molecule has 38 heavy (non-hydrogen) atoms. The molecule has 0 aromatic rings. The standard InChI is InChI=1S/C27H44N4O6S/c1-25(2,3)37-24(35)28-19-14-11-9-7-8-10-13-18-17-27(18,23(34)30-38(36)26(4,5)6)29-21(32)20-15-12-16-31(20)22(19)33/h10,13,18-20H,7-9,11-12,14-17H2,1-6H3,(H,28,35)(H,29,32)(H,30,34)/b13-10-/t18?,19?,20?,27?,38-/m1/s1. The molecule has 4 amide bonds. The van der Waals surface area contributed by atoms with Gasteiger partial charge in [-0.3, -0.25) is 19.1 Å².